The van der Waals surface area contributed by atoms with Gasteiger partial charge in [-0.15, -0.1) is 18.9 Å². The molecule has 3 amide bonds. The highest BCUT2D eigenvalue weighted by molar-refractivity contribution is 5.91. The van der Waals surface area contributed by atoms with Crippen LogP contribution in [0.25, 0.3) is 44.4 Å². The number of terminal acetylenes is 1. The van der Waals surface area contributed by atoms with E-state index < -0.39 is 12.1 Å². The van der Waals surface area contributed by atoms with Crippen molar-refractivity contribution in [1.82, 2.24) is 35.1 Å². The highest BCUT2D eigenvalue weighted by Crippen LogP contribution is 2.34. The molecule has 3 N–H and O–H groups in total. The Labute approximate surface area is 309 Å². The van der Waals surface area contributed by atoms with Crippen LogP contribution >= 0.6 is 0 Å². The summed E-state index contributed by atoms with van der Waals surface area (Å²) in [6.45, 7) is 8.96. The third-order valence-corrected chi connectivity index (χ3v) is 9.93. The van der Waals surface area contributed by atoms with Crippen LogP contribution in [-0.2, 0) is 20.9 Å². The molecule has 5 aromatic rings. The molecule has 1 fully saturated rings. The first-order valence-corrected chi connectivity index (χ1v) is 18.0. The van der Waals surface area contributed by atoms with Crippen LogP contribution < -0.4 is 5.32 Å². The number of rotatable bonds is 13. The quantitative estimate of drug-likeness (QED) is 0.0869. The summed E-state index contributed by atoms with van der Waals surface area (Å²) in [6.07, 6.45) is 12.8. The first-order chi connectivity index (χ1) is 25.7. The molecule has 11 heteroatoms. The van der Waals surface area contributed by atoms with Crippen molar-refractivity contribution in [1.29, 1.82) is 0 Å². The molecule has 3 atom stereocenters. The number of likely N-dealkylation sites (tertiary alicyclic amines) is 1. The fourth-order valence-corrected chi connectivity index (χ4v) is 6.70. The molecule has 0 bridgehead atoms. The summed E-state index contributed by atoms with van der Waals surface area (Å²) in [5, 5.41) is 4.65. The Balaban J connectivity index is 1.14. The van der Waals surface area contributed by atoms with Crippen molar-refractivity contribution >= 4 is 28.7 Å². The zero-order valence-electron chi connectivity index (χ0n) is 30.4. The van der Waals surface area contributed by atoms with Crippen LogP contribution in [0.5, 0.6) is 0 Å². The van der Waals surface area contributed by atoms with Crippen LogP contribution in [0, 0.1) is 18.3 Å². The average molecular weight is 712 g/mol. The third kappa shape index (κ3) is 8.17. The lowest BCUT2D eigenvalue weighted by molar-refractivity contribution is -0.136. The number of aromatic amines is 2. The number of imidazole rings is 2. The van der Waals surface area contributed by atoms with Crippen molar-refractivity contribution in [2.24, 2.45) is 5.92 Å². The van der Waals surface area contributed by atoms with Gasteiger partial charge in [0.1, 0.15) is 17.7 Å². The minimum Gasteiger partial charge on any atom is -0.453 e. The van der Waals surface area contributed by atoms with Gasteiger partial charge < -0.3 is 29.8 Å². The number of methoxy groups -OCH3 is 1. The first kappa shape index (κ1) is 36.6. The summed E-state index contributed by atoms with van der Waals surface area (Å²) in [5.41, 5.74) is 5.94. The van der Waals surface area contributed by atoms with E-state index >= 15 is 0 Å². The van der Waals surface area contributed by atoms with Crippen molar-refractivity contribution in [3.8, 4) is 46.0 Å². The molecular weight excluding hydrogens is 667 g/mol. The van der Waals surface area contributed by atoms with E-state index in [0.717, 1.165) is 76.0 Å². The van der Waals surface area contributed by atoms with E-state index in [2.05, 4.69) is 99.0 Å². The third-order valence-electron chi connectivity index (χ3n) is 9.93. The SMILES string of the molecule is C#CCCN(Cc1ncc(-c2ccc3cc(-c4ccc(-c5cnc([C@@H]6CCCN6C(=O)[C@@H](C)CC)[nH]5)cc4)ccc3c2)[nH]1)C(=O)[C@H](C=C)NC(=O)OC. The van der Waals surface area contributed by atoms with Crippen molar-refractivity contribution in [3.05, 3.63) is 97.4 Å². The number of hydrogen-bond acceptors (Lipinski definition) is 6. The molecule has 0 aliphatic carbocycles. The summed E-state index contributed by atoms with van der Waals surface area (Å²) in [6, 6.07) is 20.1. The predicted molar refractivity (Wildman–Crippen MR) is 206 cm³/mol. The van der Waals surface area contributed by atoms with Gasteiger partial charge >= 0.3 is 6.09 Å². The van der Waals surface area contributed by atoms with E-state index in [0.29, 0.717) is 12.2 Å². The van der Waals surface area contributed by atoms with Gasteiger partial charge in [-0.25, -0.2) is 14.8 Å². The van der Waals surface area contributed by atoms with Crippen LogP contribution in [-0.4, -0.2) is 73.9 Å². The molecule has 1 saturated heterocycles. The lowest BCUT2D eigenvalue weighted by Crippen LogP contribution is -2.47. The number of benzene rings is 3. The molecule has 0 saturated carbocycles. The lowest BCUT2D eigenvalue weighted by Gasteiger charge is -2.26. The second-order valence-corrected chi connectivity index (χ2v) is 13.3. The van der Waals surface area contributed by atoms with Crippen LogP contribution in [0.2, 0.25) is 0 Å². The monoisotopic (exact) mass is 711 g/mol. The fraction of sp³-hybridized carbons (Fsp3) is 0.310. The molecule has 272 valence electrons. The van der Waals surface area contributed by atoms with Gasteiger partial charge in [-0.1, -0.05) is 68.5 Å². The molecule has 2 aromatic heterocycles. The van der Waals surface area contributed by atoms with E-state index in [-0.39, 0.29) is 36.9 Å². The number of hydrogen-bond donors (Lipinski definition) is 3. The molecule has 11 nitrogen and oxygen atoms in total. The normalized spacial score (nSPS) is 15.1. The average Bonchev–Trinajstić information content (AvgIpc) is 3.99. The van der Waals surface area contributed by atoms with Crippen LogP contribution in [0.3, 0.4) is 0 Å². The molecule has 0 radical (unpaired) electrons. The standard InChI is InChI=1S/C42H45N7O4/c1-6-9-20-48(41(51)34(8-3)47-42(52)53-5)26-38-43-24-36(45-38)33-19-18-31-22-30(16-17-32(31)23-33)28-12-14-29(15-13-28)35-25-44-39(46-35)37-11-10-21-49(37)40(50)27(4)7-2/h1,8,12-19,22-25,27,34,37H,3,7,9-11,20-21,26H2,2,4-5H3,(H,43,45)(H,44,46)(H,47,52)/t27-,34-,37-/m0/s1. The number of amides is 3. The second kappa shape index (κ2) is 16.5. The van der Waals surface area contributed by atoms with Crippen LogP contribution in [0.4, 0.5) is 4.79 Å². The largest absolute Gasteiger partial charge is 0.453 e. The second-order valence-electron chi connectivity index (χ2n) is 13.3. The number of ether oxygens (including phenoxy) is 1. The molecule has 3 aromatic carbocycles. The fourth-order valence-electron chi connectivity index (χ4n) is 6.70. The van der Waals surface area contributed by atoms with E-state index in [1.165, 1.54) is 18.1 Å². The molecule has 1 aliphatic rings. The predicted octanol–water partition coefficient (Wildman–Crippen LogP) is 7.26. The number of aromatic nitrogens is 4. The van der Waals surface area contributed by atoms with Gasteiger partial charge in [0.2, 0.25) is 11.8 Å². The molecule has 3 heterocycles. The topological polar surface area (TPSA) is 136 Å². The minimum absolute atomic E-state index is 0.00287. The summed E-state index contributed by atoms with van der Waals surface area (Å²) in [7, 11) is 1.23. The Morgan fingerprint density at radius 1 is 1.02 bits per heavy atom. The molecular formula is C42H45N7O4. The minimum atomic E-state index is -0.969. The van der Waals surface area contributed by atoms with Crippen molar-refractivity contribution in [2.45, 2.75) is 58.2 Å². The first-order valence-electron chi connectivity index (χ1n) is 18.0. The van der Waals surface area contributed by atoms with Gasteiger partial charge in [0.15, 0.2) is 0 Å². The highest BCUT2D eigenvalue weighted by atomic mass is 16.5. The van der Waals surface area contributed by atoms with Gasteiger partial charge in [0, 0.05) is 31.0 Å². The number of nitrogens with one attached hydrogen (secondary N) is 3. The maximum Gasteiger partial charge on any atom is 0.407 e. The Bertz CT molecular complexity index is 2140. The number of nitrogens with zero attached hydrogens (tertiary/aromatic N) is 4. The van der Waals surface area contributed by atoms with Crippen molar-refractivity contribution in [3.63, 3.8) is 0 Å². The van der Waals surface area contributed by atoms with Gasteiger partial charge in [-0.3, -0.25) is 9.59 Å². The van der Waals surface area contributed by atoms with Crippen molar-refractivity contribution in [2.75, 3.05) is 20.2 Å². The molecule has 0 spiro atoms. The van der Waals surface area contributed by atoms with E-state index in [4.69, 9.17) is 11.4 Å². The lowest BCUT2D eigenvalue weighted by atomic mass is 9.98. The number of fused-ring (bicyclic) bond motifs is 1. The summed E-state index contributed by atoms with van der Waals surface area (Å²) < 4.78 is 4.64. The maximum atomic E-state index is 13.2. The Morgan fingerprint density at radius 3 is 2.38 bits per heavy atom. The number of H-pyrrole nitrogens is 2. The Morgan fingerprint density at radius 2 is 1.68 bits per heavy atom. The zero-order chi connectivity index (χ0) is 37.5. The molecule has 1 aliphatic heterocycles. The zero-order valence-corrected chi connectivity index (χ0v) is 30.4. The number of carbonyl (C=O) groups excluding carboxylic acids is 3. The Kier molecular flexibility index (Phi) is 11.4. The molecule has 0 unspecified atom stereocenters. The van der Waals surface area contributed by atoms with Gasteiger partial charge in [0.05, 0.1) is 43.5 Å². The van der Waals surface area contributed by atoms with Gasteiger partial charge in [-0.2, -0.15) is 0 Å². The van der Waals surface area contributed by atoms with Crippen LogP contribution in [0.1, 0.15) is 57.2 Å². The van der Waals surface area contributed by atoms with Crippen molar-refractivity contribution < 1.29 is 19.1 Å². The summed E-state index contributed by atoms with van der Waals surface area (Å²) in [4.78, 5) is 57.5. The van der Waals surface area contributed by atoms with E-state index in [1.807, 2.05) is 24.1 Å². The summed E-state index contributed by atoms with van der Waals surface area (Å²) >= 11 is 0. The molecule has 6 rings (SSSR count). The smallest absolute Gasteiger partial charge is 0.407 e. The van der Waals surface area contributed by atoms with E-state index in [9.17, 15) is 14.4 Å². The van der Waals surface area contributed by atoms with Crippen LogP contribution in [0.15, 0.2) is 85.7 Å². The van der Waals surface area contributed by atoms with Gasteiger partial charge in [0.25, 0.3) is 0 Å². The maximum absolute atomic E-state index is 13.2. The van der Waals surface area contributed by atoms with E-state index in [1.54, 1.807) is 6.20 Å². The summed E-state index contributed by atoms with van der Waals surface area (Å²) in [5.74, 6) is 3.84. The Hall–Kier alpha value is -6.15. The number of alkyl carbamates (subject to hydrolysis) is 1. The highest BCUT2D eigenvalue weighted by Gasteiger charge is 2.33. The molecule has 53 heavy (non-hydrogen) atoms. The number of carbonyl (C=O) groups is 3. The van der Waals surface area contributed by atoms with Gasteiger partial charge in [-0.05, 0) is 58.9 Å².